The lowest BCUT2D eigenvalue weighted by molar-refractivity contribution is 0.00578. The Morgan fingerprint density at radius 1 is 1.23 bits per heavy atom. The maximum absolute atomic E-state index is 14.1. The average molecular weight is 318 g/mol. The Kier molecular flexibility index (Phi) is 3.26. The Bertz CT molecular complexity index is 794. The summed E-state index contributed by atoms with van der Waals surface area (Å²) < 4.78 is 26.4. The Morgan fingerprint density at radius 2 is 1.82 bits per heavy atom. The van der Waals surface area contributed by atoms with E-state index >= 15 is 0 Å². The minimum Gasteiger partial charge on any atom is -0.399 e. The highest BCUT2D eigenvalue weighted by Gasteiger charge is 2.52. The third kappa shape index (κ3) is 2.02. The smallest absolute Gasteiger partial charge is 0.399 e. The number of benzene rings is 1. The SMILES string of the molecule is CC1(C)OB(c2ccc(F)c3sc(N)c(C#N)c23)OC1(C)C. The number of rotatable bonds is 1. The first-order chi connectivity index (χ1) is 10.2. The Morgan fingerprint density at radius 3 is 2.36 bits per heavy atom. The molecule has 1 aromatic carbocycles. The highest BCUT2D eigenvalue weighted by Crippen LogP contribution is 2.39. The Hall–Kier alpha value is -1.62. The summed E-state index contributed by atoms with van der Waals surface area (Å²) in [6.45, 7) is 7.78. The summed E-state index contributed by atoms with van der Waals surface area (Å²) in [5, 5.41) is 10.1. The van der Waals surface area contributed by atoms with Gasteiger partial charge in [-0.1, -0.05) is 6.07 Å². The number of nitrogens with zero attached hydrogens (tertiary/aromatic N) is 1. The van der Waals surface area contributed by atoms with E-state index in [2.05, 4.69) is 6.07 Å². The highest BCUT2D eigenvalue weighted by molar-refractivity contribution is 7.23. The number of hydrogen-bond donors (Lipinski definition) is 1. The molecule has 1 aromatic heterocycles. The number of thiophene rings is 1. The van der Waals surface area contributed by atoms with Crippen molar-refractivity contribution in [3.8, 4) is 6.07 Å². The van der Waals surface area contributed by atoms with Crippen LogP contribution in [-0.2, 0) is 9.31 Å². The topological polar surface area (TPSA) is 68.3 Å². The van der Waals surface area contributed by atoms with E-state index in [0.717, 1.165) is 11.3 Å². The zero-order chi connectivity index (χ0) is 16.3. The molecule has 1 saturated heterocycles. The summed E-state index contributed by atoms with van der Waals surface area (Å²) in [5.41, 5.74) is 5.76. The molecule has 114 valence electrons. The molecule has 0 aliphatic carbocycles. The molecule has 0 amide bonds. The first-order valence-electron chi connectivity index (χ1n) is 6.94. The third-order valence-corrected chi connectivity index (χ3v) is 5.50. The first kappa shape index (κ1) is 15.3. The summed E-state index contributed by atoms with van der Waals surface area (Å²) in [5.74, 6) is -0.395. The van der Waals surface area contributed by atoms with Gasteiger partial charge in [0.2, 0.25) is 0 Å². The van der Waals surface area contributed by atoms with Crippen LogP contribution in [0.3, 0.4) is 0 Å². The predicted octanol–water partition coefficient (Wildman–Crippen LogP) is 2.79. The summed E-state index contributed by atoms with van der Waals surface area (Å²) in [7, 11) is -0.658. The fourth-order valence-corrected chi connectivity index (χ4v) is 3.45. The summed E-state index contributed by atoms with van der Waals surface area (Å²) in [6, 6.07) is 5.02. The molecule has 2 heterocycles. The standard InChI is InChI=1S/C15H16BFN2O2S/c1-14(2)15(3,4)21-16(20-14)9-5-6-10(17)12-11(9)8(7-18)13(19)22-12/h5-6H,19H2,1-4H3. The van der Waals surface area contributed by atoms with Crippen molar-refractivity contribution >= 4 is 39.0 Å². The van der Waals surface area contributed by atoms with Crippen molar-refractivity contribution in [1.82, 2.24) is 0 Å². The molecule has 2 aromatic rings. The maximum atomic E-state index is 14.1. The molecule has 0 atom stereocenters. The van der Waals surface area contributed by atoms with Crippen LogP contribution in [0.25, 0.3) is 10.1 Å². The fourth-order valence-electron chi connectivity index (χ4n) is 2.49. The van der Waals surface area contributed by atoms with E-state index in [0.29, 0.717) is 20.6 Å². The number of nitrogen functional groups attached to an aromatic ring is 1. The van der Waals surface area contributed by atoms with Crippen LogP contribution in [0.2, 0.25) is 0 Å². The number of fused-ring (bicyclic) bond motifs is 1. The zero-order valence-corrected chi connectivity index (χ0v) is 13.7. The van der Waals surface area contributed by atoms with E-state index in [1.807, 2.05) is 27.7 Å². The quantitative estimate of drug-likeness (QED) is 0.821. The van der Waals surface area contributed by atoms with E-state index in [4.69, 9.17) is 15.0 Å². The number of nitrogens with two attached hydrogens (primary N) is 1. The van der Waals surface area contributed by atoms with Crippen LogP contribution in [0, 0.1) is 17.1 Å². The lowest BCUT2D eigenvalue weighted by Gasteiger charge is -2.32. The molecule has 3 rings (SSSR count). The predicted molar refractivity (Wildman–Crippen MR) is 86.6 cm³/mol. The Balaban J connectivity index is 2.22. The van der Waals surface area contributed by atoms with Gasteiger partial charge in [-0.3, -0.25) is 0 Å². The monoisotopic (exact) mass is 318 g/mol. The third-order valence-electron chi connectivity index (χ3n) is 4.47. The van der Waals surface area contributed by atoms with Gasteiger partial charge in [0.1, 0.15) is 16.9 Å². The molecule has 22 heavy (non-hydrogen) atoms. The highest BCUT2D eigenvalue weighted by atomic mass is 32.1. The molecule has 0 spiro atoms. The van der Waals surface area contributed by atoms with E-state index in [1.165, 1.54) is 6.07 Å². The normalized spacial score (nSPS) is 19.5. The van der Waals surface area contributed by atoms with Gasteiger partial charge in [-0.25, -0.2) is 4.39 Å². The van der Waals surface area contributed by atoms with Gasteiger partial charge in [-0.2, -0.15) is 5.26 Å². The van der Waals surface area contributed by atoms with Crippen LogP contribution in [0.4, 0.5) is 9.39 Å². The molecule has 4 nitrogen and oxygen atoms in total. The molecule has 1 aliphatic rings. The van der Waals surface area contributed by atoms with Gasteiger partial charge in [-0.15, -0.1) is 11.3 Å². The maximum Gasteiger partial charge on any atom is 0.495 e. The Labute approximate surface area is 132 Å². The number of anilines is 1. The summed E-state index contributed by atoms with van der Waals surface area (Å²) in [6.07, 6.45) is 0. The van der Waals surface area contributed by atoms with E-state index in [9.17, 15) is 9.65 Å². The molecule has 2 N–H and O–H groups in total. The number of hydrogen-bond acceptors (Lipinski definition) is 5. The van der Waals surface area contributed by atoms with Gasteiger partial charge in [-0.05, 0) is 39.2 Å². The van der Waals surface area contributed by atoms with Crippen molar-refractivity contribution in [1.29, 1.82) is 5.26 Å². The first-order valence-corrected chi connectivity index (χ1v) is 7.76. The van der Waals surface area contributed by atoms with Gasteiger partial charge < -0.3 is 15.0 Å². The van der Waals surface area contributed by atoms with E-state index in [-0.39, 0.29) is 5.56 Å². The largest absolute Gasteiger partial charge is 0.495 e. The molecule has 1 fully saturated rings. The number of nitriles is 1. The van der Waals surface area contributed by atoms with Crippen LogP contribution >= 0.6 is 11.3 Å². The van der Waals surface area contributed by atoms with Gasteiger partial charge in [0.05, 0.1) is 21.5 Å². The van der Waals surface area contributed by atoms with Gasteiger partial charge in [0, 0.05) is 5.39 Å². The fraction of sp³-hybridized carbons (Fsp3) is 0.400. The van der Waals surface area contributed by atoms with Crippen LogP contribution < -0.4 is 11.2 Å². The molecular formula is C15H16BFN2O2S. The van der Waals surface area contributed by atoms with Gasteiger partial charge >= 0.3 is 7.12 Å². The van der Waals surface area contributed by atoms with Gasteiger partial charge in [0.15, 0.2) is 0 Å². The minimum absolute atomic E-state index is 0.282. The van der Waals surface area contributed by atoms with Gasteiger partial charge in [0.25, 0.3) is 0 Å². The molecule has 0 saturated carbocycles. The molecular weight excluding hydrogens is 302 g/mol. The molecule has 1 aliphatic heterocycles. The average Bonchev–Trinajstić information content (AvgIpc) is 2.84. The van der Waals surface area contributed by atoms with Crippen LogP contribution in [-0.4, -0.2) is 18.3 Å². The van der Waals surface area contributed by atoms with E-state index in [1.54, 1.807) is 6.07 Å². The van der Waals surface area contributed by atoms with Crippen molar-refractivity contribution < 1.29 is 13.7 Å². The molecule has 0 bridgehead atoms. The zero-order valence-electron chi connectivity index (χ0n) is 12.9. The lowest BCUT2D eigenvalue weighted by atomic mass is 9.76. The molecule has 0 unspecified atom stereocenters. The van der Waals surface area contributed by atoms with Crippen molar-refractivity contribution in [2.75, 3.05) is 5.73 Å². The van der Waals surface area contributed by atoms with Crippen LogP contribution in [0.15, 0.2) is 12.1 Å². The van der Waals surface area contributed by atoms with Crippen molar-refractivity contribution in [3.05, 3.63) is 23.5 Å². The van der Waals surface area contributed by atoms with E-state index < -0.39 is 24.1 Å². The summed E-state index contributed by atoms with van der Waals surface area (Å²) in [4.78, 5) is 0. The van der Waals surface area contributed by atoms with Crippen LogP contribution in [0.1, 0.15) is 33.3 Å². The second-order valence-electron chi connectivity index (χ2n) is 6.38. The second-order valence-corrected chi connectivity index (χ2v) is 7.43. The number of halogens is 1. The lowest BCUT2D eigenvalue weighted by Crippen LogP contribution is -2.41. The summed E-state index contributed by atoms with van der Waals surface area (Å²) >= 11 is 1.07. The minimum atomic E-state index is -0.658. The molecule has 0 radical (unpaired) electrons. The van der Waals surface area contributed by atoms with Crippen LogP contribution in [0.5, 0.6) is 0 Å². The molecule has 7 heteroatoms. The van der Waals surface area contributed by atoms with Crippen molar-refractivity contribution in [3.63, 3.8) is 0 Å². The van der Waals surface area contributed by atoms with Crippen molar-refractivity contribution in [2.45, 2.75) is 38.9 Å². The second kappa shape index (κ2) is 4.69. The van der Waals surface area contributed by atoms with Crippen molar-refractivity contribution in [2.24, 2.45) is 0 Å².